The highest BCUT2D eigenvalue weighted by Crippen LogP contribution is 2.21. The fraction of sp³-hybridized carbons (Fsp3) is 0.444. The number of hydrogen-bond donors (Lipinski definition) is 1. The third kappa shape index (κ3) is 5.18. The van der Waals surface area contributed by atoms with Crippen molar-refractivity contribution in [3.05, 3.63) is 40.5 Å². The summed E-state index contributed by atoms with van der Waals surface area (Å²) < 4.78 is 28.5. The molecule has 0 aliphatic carbocycles. The monoisotopic (exact) mass is 454 g/mol. The Bertz CT molecular complexity index is 920. The fourth-order valence-corrected chi connectivity index (χ4v) is 5.08. The minimum absolute atomic E-state index is 0.00431. The maximum absolute atomic E-state index is 12.3. The number of carbonyl (C=O) groups is 1. The van der Waals surface area contributed by atoms with Gasteiger partial charge in [0.15, 0.2) is 0 Å². The maximum atomic E-state index is 12.3. The van der Waals surface area contributed by atoms with Gasteiger partial charge < -0.3 is 5.32 Å². The van der Waals surface area contributed by atoms with Crippen molar-refractivity contribution in [3.63, 3.8) is 0 Å². The van der Waals surface area contributed by atoms with Gasteiger partial charge in [-0.3, -0.25) is 4.79 Å². The van der Waals surface area contributed by atoms with Crippen LogP contribution >= 0.6 is 15.9 Å². The second kappa shape index (κ2) is 8.53. The van der Waals surface area contributed by atoms with Crippen LogP contribution in [0.5, 0.6) is 0 Å². The normalized spacial score (nSPS) is 15.2. The molecule has 1 saturated heterocycles. The summed E-state index contributed by atoms with van der Waals surface area (Å²) in [4.78, 5) is 12.3. The van der Waals surface area contributed by atoms with E-state index in [0.717, 1.165) is 28.7 Å². The van der Waals surface area contributed by atoms with E-state index in [1.54, 1.807) is 10.7 Å². The molecule has 0 atom stereocenters. The molecule has 2 heterocycles. The second-order valence-corrected chi connectivity index (χ2v) is 9.64. The number of sulfonamides is 1. The van der Waals surface area contributed by atoms with Gasteiger partial charge in [0.2, 0.25) is 15.9 Å². The van der Waals surface area contributed by atoms with Gasteiger partial charge in [0, 0.05) is 30.0 Å². The van der Waals surface area contributed by atoms with Gasteiger partial charge in [0.25, 0.3) is 0 Å². The van der Waals surface area contributed by atoms with E-state index in [9.17, 15) is 13.2 Å². The smallest absolute Gasteiger partial charge is 0.225 e. The van der Waals surface area contributed by atoms with Gasteiger partial charge >= 0.3 is 0 Å². The van der Waals surface area contributed by atoms with Crippen LogP contribution in [0.25, 0.3) is 5.69 Å². The number of halogens is 1. The third-order valence-corrected chi connectivity index (χ3v) is 6.87. The lowest BCUT2D eigenvalue weighted by Crippen LogP contribution is -2.30. The van der Waals surface area contributed by atoms with Gasteiger partial charge in [-0.15, -0.1) is 0 Å². The first kappa shape index (κ1) is 20.0. The SMILES string of the molecule is Cc1cc(NC(=O)CCCS(=O)(=O)N2CCCC2)n(-c2cccc(Br)c2)n1. The van der Waals surface area contributed by atoms with Crippen molar-refractivity contribution in [1.29, 1.82) is 0 Å². The number of anilines is 1. The van der Waals surface area contributed by atoms with Gasteiger partial charge in [-0.1, -0.05) is 22.0 Å². The summed E-state index contributed by atoms with van der Waals surface area (Å²) >= 11 is 3.43. The predicted octanol–water partition coefficient (Wildman–Crippen LogP) is 3.09. The summed E-state index contributed by atoms with van der Waals surface area (Å²) in [6.07, 6.45) is 2.28. The molecule has 1 aliphatic rings. The van der Waals surface area contributed by atoms with E-state index in [4.69, 9.17) is 0 Å². The highest BCUT2D eigenvalue weighted by molar-refractivity contribution is 9.10. The van der Waals surface area contributed by atoms with Gasteiger partial charge in [0.05, 0.1) is 17.1 Å². The number of aromatic nitrogens is 2. The molecule has 0 radical (unpaired) electrons. The molecule has 2 aromatic rings. The van der Waals surface area contributed by atoms with Crippen molar-refractivity contribution in [2.24, 2.45) is 0 Å². The summed E-state index contributed by atoms with van der Waals surface area (Å²) in [6.45, 7) is 3.05. The first-order chi connectivity index (χ1) is 12.8. The standard InChI is InChI=1S/C18H23BrN4O3S/c1-14-12-17(23(21-14)16-7-4-6-15(19)13-16)20-18(24)8-5-11-27(25,26)22-9-2-3-10-22/h4,6-7,12-13H,2-3,5,8-11H2,1H3,(H,20,24). The number of benzene rings is 1. The van der Waals surface area contributed by atoms with Gasteiger partial charge in [0.1, 0.15) is 5.82 Å². The number of rotatable bonds is 7. The Morgan fingerprint density at radius 1 is 1.26 bits per heavy atom. The van der Waals surface area contributed by atoms with E-state index in [1.165, 1.54) is 4.31 Å². The predicted molar refractivity (Wildman–Crippen MR) is 108 cm³/mol. The van der Waals surface area contributed by atoms with Crippen LogP contribution in [0, 0.1) is 6.92 Å². The van der Waals surface area contributed by atoms with Crippen molar-refractivity contribution in [2.45, 2.75) is 32.6 Å². The van der Waals surface area contributed by atoms with Gasteiger partial charge in [-0.05, 0) is 44.4 Å². The molecular weight excluding hydrogens is 432 g/mol. The average molecular weight is 455 g/mol. The van der Waals surface area contributed by atoms with Crippen LogP contribution in [-0.2, 0) is 14.8 Å². The third-order valence-electron chi connectivity index (χ3n) is 4.42. The number of nitrogens with zero attached hydrogens (tertiary/aromatic N) is 3. The fourth-order valence-electron chi connectivity index (χ4n) is 3.11. The molecule has 146 valence electrons. The molecule has 27 heavy (non-hydrogen) atoms. The highest BCUT2D eigenvalue weighted by atomic mass is 79.9. The Morgan fingerprint density at radius 3 is 2.70 bits per heavy atom. The van der Waals surface area contributed by atoms with Crippen LogP contribution in [0.2, 0.25) is 0 Å². The molecule has 0 unspecified atom stereocenters. The second-order valence-electron chi connectivity index (χ2n) is 6.64. The van der Waals surface area contributed by atoms with Crippen LogP contribution in [0.1, 0.15) is 31.4 Å². The van der Waals surface area contributed by atoms with Gasteiger partial charge in [-0.2, -0.15) is 5.10 Å². The Balaban J connectivity index is 1.60. The van der Waals surface area contributed by atoms with E-state index < -0.39 is 10.0 Å². The minimum atomic E-state index is -3.25. The molecule has 1 aromatic heterocycles. The van der Waals surface area contributed by atoms with Crippen molar-refractivity contribution in [1.82, 2.24) is 14.1 Å². The minimum Gasteiger partial charge on any atom is -0.311 e. The number of amides is 1. The molecule has 1 N–H and O–H groups in total. The maximum Gasteiger partial charge on any atom is 0.225 e. The van der Waals surface area contributed by atoms with Crippen molar-refractivity contribution in [3.8, 4) is 5.69 Å². The molecule has 1 aliphatic heterocycles. The van der Waals surface area contributed by atoms with Crippen LogP contribution in [0.4, 0.5) is 5.82 Å². The molecule has 1 fully saturated rings. The van der Waals surface area contributed by atoms with Crippen LogP contribution < -0.4 is 5.32 Å². The Kier molecular flexibility index (Phi) is 6.33. The Hall–Kier alpha value is -1.71. The summed E-state index contributed by atoms with van der Waals surface area (Å²) in [6, 6.07) is 9.41. The first-order valence-corrected chi connectivity index (χ1v) is 11.4. The topological polar surface area (TPSA) is 84.3 Å². The zero-order chi connectivity index (χ0) is 19.4. The molecule has 7 nitrogen and oxygen atoms in total. The molecule has 9 heteroatoms. The van der Waals surface area contributed by atoms with E-state index in [2.05, 4.69) is 26.3 Å². The Morgan fingerprint density at radius 2 is 2.00 bits per heavy atom. The molecule has 0 bridgehead atoms. The summed E-state index contributed by atoms with van der Waals surface area (Å²) in [5.41, 5.74) is 1.60. The molecule has 3 rings (SSSR count). The van der Waals surface area contributed by atoms with E-state index in [-0.39, 0.29) is 18.1 Å². The lowest BCUT2D eigenvalue weighted by molar-refractivity contribution is -0.116. The molecule has 0 saturated carbocycles. The van der Waals surface area contributed by atoms with E-state index in [1.807, 2.05) is 31.2 Å². The lowest BCUT2D eigenvalue weighted by atomic mass is 10.3. The lowest BCUT2D eigenvalue weighted by Gasteiger charge is -2.15. The summed E-state index contributed by atoms with van der Waals surface area (Å²) in [5, 5.41) is 7.27. The molecule has 1 aromatic carbocycles. The number of carbonyl (C=O) groups excluding carboxylic acids is 1. The summed E-state index contributed by atoms with van der Waals surface area (Å²) in [5.74, 6) is 0.352. The van der Waals surface area contributed by atoms with E-state index >= 15 is 0 Å². The van der Waals surface area contributed by atoms with Crippen molar-refractivity contribution < 1.29 is 13.2 Å². The Labute approximate surface area is 167 Å². The zero-order valence-corrected chi connectivity index (χ0v) is 17.6. The number of aryl methyl sites for hydroxylation is 1. The van der Waals surface area contributed by atoms with Gasteiger partial charge in [-0.25, -0.2) is 17.4 Å². The molecule has 0 spiro atoms. The average Bonchev–Trinajstić information content (AvgIpc) is 3.25. The number of hydrogen-bond acceptors (Lipinski definition) is 4. The van der Waals surface area contributed by atoms with Crippen molar-refractivity contribution >= 4 is 37.7 Å². The van der Waals surface area contributed by atoms with Crippen molar-refractivity contribution in [2.75, 3.05) is 24.2 Å². The zero-order valence-electron chi connectivity index (χ0n) is 15.2. The number of nitrogens with one attached hydrogen (secondary N) is 1. The van der Waals surface area contributed by atoms with Crippen LogP contribution in [-0.4, -0.2) is 47.3 Å². The highest BCUT2D eigenvalue weighted by Gasteiger charge is 2.25. The first-order valence-electron chi connectivity index (χ1n) is 8.95. The quantitative estimate of drug-likeness (QED) is 0.696. The summed E-state index contributed by atoms with van der Waals surface area (Å²) in [7, 11) is -3.25. The molecule has 1 amide bonds. The molecular formula is C18H23BrN4O3S. The largest absolute Gasteiger partial charge is 0.311 e. The van der Waals surface area contributed by atoms with E-state index in [0.29, 0.717) is 25.3 Å². The van der Waals surface area contributed by atoms with Crippen LogP contribution in [0.3, 0.4) is 0 Å². The van der Waals surface area contributed by atoms with Crippen LogP contribution in [0.15, 0.2) is 34.8 Å².